The lowest BCUT2D eigenvalue weighted by molar-refractivity contribution is 0.348. The van der Waals surface area contributed by atoms with E-state index in [4.69, 9.17) is 32.7 Å². The Bertz CT molecular complexity index is 915. The third kappa shape index (κ3) is 3.44. The van der Waals surface area contributed by atoms with Gasteiger partial charge in [-0.05, 0) is 47.9 Å². The van der Waals surface area contributed by atoms with Gasteiger partial charge in [-0.3, -0.25) is 0 Å². The summed E-state index contributed by atoms with van der Waals surface area (Å²) in [6.45, 7) is 0.592. The van der Waals surface area contributed by atoms with Crippen molar-refractivity contribution in [2.24, 2.45) is 0 Å². The quantitative estimate of drug-likeness (QED) is 0.782. The molecule has 3 rings (SSSR count). The molecule has 1 heterocycles. The number of nitrogens with zero attached hydrogens (tertiary/aromatic N) is 1. The molecule has 1 aliphatic rings. The van der Waals surface area contributed by atoms with Crippen LogP contribution >= 0.6 is 23.2 Å². The van der Waals surface area contributed by atoms with Crippen LogP contribution in [0.3, 0.4) is 0 Å². The summed E-state index contributed by atoms with van der Waals surface area (Å²) in [7, 11) is -0.625. The Hall–Kier alpha value is -1.47. The molecule has 0 amide bonds. The molecule has 0 fully saturated rings. The van der Waals surface area contributed by atoms with Crippen LogP contribution in [0.15, 0.2) is 35.2 Å². The minimum Gasteiger partial charge on any atom is -0.493 e. The average Bonchev–Trinajstić information content (AvgIpc) is 2.61. The number of ether oxygens (including phenoxy) is 2. The standard InChI is InChI=1S/C17H17Cl2NO4S/c1-23-15-7-11-5-6-20(10-12(11)8-16(15)24-2)25(21,22)17-9-13(18)3-4-14(17)19/h3-4,7-9H,5-6,10H2,1-2H3. The lowest BCUT2D eigenvalue weighted by Gasteiger charge is -2.29. The summed E-state index contributed by atoms with van der Waals surface area (Å²) in [5.74, 6) is 1.21. The van der Waals surface area contributed by atoms with Crippen molar-refractivity contribution in [3.63, 3.8) is 0 Å². The molecule has 0 bridgehead atoms. The lowest BCUT2D eigenvalue weighted by Crippen LogP contribution is -2.36. The molecular weight excluding hydrogens is 385 g/mol. The van der Waals surface area contributed by atoms with Crippen LogP contribution < -0.4 is 9.47 Å². The molecule has 134 valence electrons. The number of hydrogen-bond acceptors (Lipinski definition) is 4. The molecule has 8 heteroatoms. The van der Waals surface area contributed by atoms with Gasteiger partial charge in [0.1, 0.15) is 4.90 Å². The van der Waals surface area contributed by atoms with Gasteiger partial charge in [0.05, 0.1) is 19.2 Å². The fraction of sp³-hybridized carbons (Fsp3) is 0.294. The molecule has 0 radical (unpaired) electrons. The minimum atomic E-state index is -3.75. The molecule has 2 aromatic carbocycles. The first-order valence-electron chi connectivity index (χ1n) is 7.56. The van der Waals surface area contributed by atoms with Crippen molar-refractivity contribution in [3.8, 4) is 11.5 Å². The Morgan fingerprint density at radius 2 is 1.64 bits per heavy atom. The average molecular weight is 402 g/mol. The number of hydrogen-bond donors (Lipinski definition) is 0. The van der Waals surface area contributed by atoms with E-state index in [2.05, 4.69) is 0 Å². The first kappa shape index (κ1) is 18.3. The second kappa shape index (κ2) is 7.03. The molecule has 0 aliphatic carbocycles. The van der Waals surface area contributed by atoms with E-state index in [1.165, 1.54) is 16.4 Å². The zero-order valence-corrected chi connectivity index (χ0v) is 16.1. The van der Waals surface area contributed by atoms with Crippen LogP contribution in [0.25, 0.3) is 0 Å². The van der Waals surface area contributed by atoms with Gasteiger partial charge in [-0.15, -0.1) is 0 Å². The summed E-state index contributed by atoms with van der Waals surface area (Å²) in [5.41, 5.74) is 1.92. The molecule has 0 aromatic heterocycles. The smallest absolute Gasteiger partial charge is 0.244 e. The van der Waals surface area contributed by atoms with E-state index in [0.29, 0.717) is 29.5 Å². The highest BCUT2D eigenvalue weighted by atomic mass is 35.5. The normalized spacial score (nSPS) is 14.9. The SMILES string of the molecule is COc1cc2c(cc1OC)CN(S(=O)(=O)c1cc(Cl)ccc1Cl)CC2. The zero-order valence-electron chi connectivity index (χ0n) is 13.8. The highest BCUT2D eigenvalue weighted by Gasteiger charge is 2.31. The summed E-state index contributed by atoms with van der Waals surface area (Å²) in [6.07, 6.45) is 0.576. The van der Waals surface area contributed by atoms with Gasteiger partial charge in [-0.2, -0.15) is 4.31 Å². The summed E-state index contributed by atoms with van der Waals surface area (Å²) in [6, 6.07) is 8.14. The van der Waals surface area contributed by atoms with Gasteiger partial charge in [0, 0.05) is 18.1 Å². The predicted molar refractivity (Wildman–Crippen MR) is 97.3 cm³/mol. The molecule has 0 N–H and O–H groups in total. The Morgan fingerprint density at radius 1 is 1.00 bits per heavy atom. The van der Waals surface area contributed by atoms with Crippen LogP contribution in [-0.2, 0) is 23.0 Å². The maximum atomic E-state index is 13.0. The molecule has 0 saturated heterocycles. The highest BCUT2D eigenvalue weighted by Crippen LogP contribution is 2.35. The number of rotatable bonds is 4. The number of halogens is 2. The van der Waals surface area contributed by atoms with Crippen LogP contribution in [-0.4, -0.2) is 33.5 Å². The minimum absolute atomic E-state index is 0.0191. The van der Waals surface area contributed by atoms with E-state index in [-0.39, 0.29) is 16.5 Å². The Balaban J connectivity index is 1.98. The maximum Gasteiger partial charge on any atom is 0.244 e. The molecule has 25 heavy (non-hydrogen) atoms. The molecule has 1 aliphatic heterocycles. The van der Waals surface area contributed by atoms with Gasteiger partial charge in [-0.25, -0.2) is 8.42 Å². The third-order valence-electron chi connectivity index (χ3n) is 4.19. The van der Waals surface area contributed by atoms with Gasteiger partial charge in [0.2, 0.25) is 10.0 Å². The molecule has 5 nitrogen and oxygen atoms in total. The highest BCUT2D eigenvalue weighted by molar-refractivity contribution is 7.89. The van der Waals surface area contributed by atoms with E-state index in [0.717, 1.165) is 11.1 Å². The van der Waals surface area contributed by atoms with Gasteiger partial charge in [-0.1, -0.05) is 23.2 Å². The topological polar surface area (TPSA) is 55.8 Å². The first-order valence-corrected chi connectivity index (χ1v) is 9.75. The van der Waals surface area contributed by atoms with Crippen LogP contribution in [0.2, 0.25) is 10.0 Å². The fourth-order valence-corrected chi connectivity index (χ4v) is 5.03. The van der Waals surface area contributed by atoms with Gasteiger partial charge in [0.15, 0.2) is 11.5 Å². The largest absolute Gasteiger partial charge is 0.493 e. The van der Waals surface area contributed by atoms with E-state index in [1.54, 1.807) is 20.3 Å². The van der Waals surface area contributed by atoms with Crippen molar-refractivity contribution in [1.82, 2.24) is 4.31 Å². The summed E-state index contributed by atoms with van der Waals surface area (Å²) >= 11 is 12.0. The van der Waals surface area contributed by atoms with Crippen molar-refractivity contribution < 1.29 is 17.9 Å². The van der Waals surface area contributed by atoms with Gasteiger partial charge in [0.25, 0.3) is 0 Å². The van der Waals surface area contributed by atoms with E-state index in [9.17, 15) is 8.42 Å². The van der Waals surface area contributed by atoms with Crippen LogP contribution in [0, 0.1) is 0 Å². The molecular formula is C17H17Cl2NO4S. The first-order chi connectivity index (χ1) is 11.9. The second-order valence-electron chi connectivity index (χ2n) is 5.64. The van der Waals surface area contributed by atoms with Crippen LogP contribution in [0.4, 0.5) is 0 Å². The van der Waals surface area contributed by atoms with Crippen molar-refractivity contribution in [1.29, 1.82) is 0 Å². The summed E-state index contributed by atoms with van der Waals surface area (Å²) < 4.78 is 38.0. The second-order valence-corrected chi connectivity index (χ2v) is 8.39. The molecule has 0 unspecified atom stereocenters. The number of benzene rings is 2. The monoisotopic (exact) mass is 401 g/mol. The Kier molecular flexibility index (Phi) is 5.16. The predicted octanol–water partition coefficient (Wildman–Crippen LogP) is 3.76. The fourth-order valence-electron chi connectivity index (χ4n) is 2.88. The number of sulfonamides is 1. The maximum absolute atomic E-state index is 13.0. The van der Waals surface area contributed by atoms with Crippen molar-refractivity contribution in [2.45, 2.75) is 17.9 Å². The van der Waals surface area contributed by atoms with E-state index in [1.807, 2.05) is 12.1 Å². The molecule has 0 spiro atoms. The van der Waals surface area contributed by atoms with Crippen molar-refractivity contribution in [2.75, 3.05) is 20.8 Å². The van der Waals surface area contributed by atoms with Crippen molar-refractivity contribution in [3.05, 3.63) is 51.5 Å². The van der Waals surface area contributed by atoms with Crippen molar-refractivity contribution >= 4 is 33.2 Å². The van der Waals surface area contributed by atoms with Gasteiger partial charge < -0.3 is 9.47 Å². The number of fused-ring (bicyclic) bond motifs is 1. The Morgan fingerprint density at radius 3 is 2.28 bits per heavy atom. The number of methoxy groups -OCH3 is 2. The Labute approximate surface area is 157 Å². The zero-order chi connectivity index (χ0) is 18.2. The molecule has 2 aromatic rings. The molecule has 0 saturated carbocycles. The van der Waals surface area contributed by atoms with E-state index >= 15 is 0 Å². The van der Waals surface area contributed by atoms with E-state index < -0.39 is 10.0 Å². The molecule has 0 atom stereocenters. The summed E-state index contributed by atoms with van der Waals surface area (Å²) in [5, 5.41) is 0.481. The van der Waals surface area contributed by atoms with Gasteiger partial charge >= 0.3 is 0 Å². The van der Waals surface area contributed by atoms with Crippen LogP contribution in [0.5, 0.6) is 11.5 Å². The van der Waals surface area contributed by atoms with Crippen LogP contribution in [0.1, 0.15) is 11.1 Å². The lowest BCUT2D eigenvalue weighted by atomic mass is 10.0. The summed E-state index contributed by atoms with van der Waals surface area (Å²) in [4.78, 5) is 0.0191. The third-order valence-corrected chi connectivity index (χ3v) is 6.76.